The Balaban J connectivity index is 2.92. The second kappa shape index (κ2) is 7.70. The van der Waals surface area contributed by atoms with Gasteiger partial charge in [0.2, 0.25) is 0 Å². The van der Waals surface area contributed by atoms with Crippen LogP contribution >= 0.6 is 0 Å². The zero-order valence-electron chi connectivity index (χ0n) is 12.8. The van der Waals surface area contributed by atoms with E-state index in [2.05, 4.69) is 25.7 Å². The molecule has 0 fully saturated rings. The molecule has 0 aromatic heterocycles. The molecule has 20 heavy (non-hydrogen) atoms. The summed E-state index contributed by atoms with van der Waals surface area (Å²) >= 11 is 0. The lowest BCUT2D eigenvalue weighted by Crippen LogP contribution is -2.37. The average molecular weight is 284 g/mol. The summed E-state index contributed by atoms with van der Waals surface area (Å²) in [7, 11) is 2.01. The summed E-state index contributed by atoms with van der Waals surface area (Å²) in [5, 5.41) is 0. The number of likely N-dealkylation sites (N-methyl/N-ethyl adjacent to an activating group) is 1. The minimum atomic E-state index is -2.44. The summed E-state index contributed by atoms with van der Waals surface area (Å²) in [6.07, 6.45) is -1.38. The van der Waals surface area contributed by atoms with Crippen molar-refractivity contribution in [2.24, 2.45) is 11.7 Å². The maximum atomic E-state index is 12.8. The molecule has 1 aromatic rings. The fraction of sp³-hybridized carbons (Fsp3) is 0.625. The fourth-order valence-corrected chi connectivity index (χ4v) is 2.60. The zero-order valence-corrected chi connectivity index (χ0v) is 12.8. The Morgan fingerprint density at radius 1 is 1.15 bits per heavy atom. The predicted octanol–water partition coefficient (Wildman–Crippen LogP) is 3.99. The first-order valence-corrected chi connectivity index (χ1v) is 7.16. The van der Waals surface area contributed by atoms with Gasteiger partial charge in [0.05, 0.1) is 0 Å². The summed E-state index contributed by atoms with van der Waals surface area (Å²) in [4.78, 5) is 2.19. The van der Waals surface area contributed by atoms with E-state index in [0.717, 1.165) is 12.0 Å². The lowest BCUT2D eigenvalue weighted by atomic mass is 9.98. The van der Waals surface area contributed by atoms with Gasteiger partial charge in [-0.25, -0.2) is 8.78 Å². The Morgan fingerprint density at radius 3 is 2.25 bits per heavy atom. The molecule has 1 aromatic carbocycles. The molecule has 4 heteroatoms. The van der Waals surface area contributed by atoms with Crippen LogP contribution in [0.1, 0.15) is 50.8 Å². The van der Waals surface area contributed by atoms with Gasteiger partial charge in [-0.1, -0.05) is 32.0 Å². The first-order valence-electron chi connectivity index (χ1n) is 7.16. The highest BCUT2D eigenvalue weighted by atomic mass is 19.3. The molecule has 2 N–H and O–H groups in total. The Kier molecular flexibility index (Phi) is 6.56. The van der Waals surface area contributed by atoms with Gasteiger partial charge in [-0.15, -0.1) is 0 Å². The molecule has 0 aliphatic heterocycles. The molecule has 0 amide bonds. The molecule has 0 aliphatic rings. The predicted molar refractivity (Wildman–Crippen MR) is 79.9 cm³/mol. The van der Waals surface area contributed by atoms with Crippen molar-refractivity contribution in [1.29, 1.82) is 0 Å². The number of alkyl halides is 2. The van der Waals surface area contributed by atoms with Crippen molar-refractivity contribution in [2.45, 2.75) is 45.7 Å². The van der Waals surface area contributed by atoms with Gasteiger partial charge < -0.3 is 5.73 Å². The van der Waals surface area contributed by atoms with E-state index in [1.807, 2.05) is 13.1 Å². The number of hydrogen-bond acceptors (Lipinski definition) is 2. The normalized spacial score (nSPS) is 15.1. The quantitative estimate of drug-likeness (QED) is 0.820. The van der Waals surface area contributed by atoms with Gasteiger partial charge in [-0.05, 0) is 37.9 Å². The molecule has 2 atom stereocenters. The number of nitrogens with zero attached hydrogens (tertiary/aromatic N) is 1. The molecule has 114 valence electrons. The van der Waals surface area contributed by atoms with Gasteiger partial charge in [0, 0.05) is 24.2 Å². The first kappa shape index (κ1) is 17.1. The van der Waals surface area contributed by atoms with Crippen molar-refractivity contribution in [3.05, 3.63) is 35.4 Å². The van der Waals surface area contributed by atoms with Crippen LogP contribution in [0.15, 0.2) is 24.3 Å². The number of nitrogens with two attached hydrogens (primary N) is 1. The first-order chi connectivity index (χ1) is 9.36. The monoisotopic (exact) mass is 284 g/mol. The second-order valence-electron chi connectivity index (χ2n) is 5.87. The average Bonchev–Trinajstić information content (AvgIpc) is 2.39. The maximum Gasteiger partial charge on any atom is 0.263 e. The van der Waals surface area contributed by atoms with Crippen LogP contribution in [0.4, 0.5) is 8.78 Å². The molecule has 0 aliphatic carbocycles. The molecule has 2 unspecified atom stereocenters. The number of halogens is 2. The fourth-order valence-electron chi connectivity index (χ4n) is 2.60. The lowest BCUT2D eigenvalue weighted by molar-refractivity contribution is 0.149. The number of rotatable bonds is 7. The summed E-state index contributed by atoms with van der Waals surface area (Å²) in [5.74, 6) is 0.596. The molecule has 0 radical (unpaired) electrons. The van der Waals surface area contributed by atoms with Crippen LogP contribution in [0.5, 0.6) is 0 Å². The number of benzene rings is 1. The van der Waals surface area contributed by atoms with Crippen LogP contribution in [0, 0.1) is 5.92 Å². The van der Waals surface area contributed by atoms with E-state index in [4.69, 9.17) is 5.73 Å². The van der Waals surface area contributed by atoms with Crippen molar-refractivity contribution in [3.8, 4) is 0 Å². The minimum Gasteiger partial charge on any atom is -0.329 e. The lowest BCUT2D eigenvalue weighted by Gasteiger charge is -2.34. The van der Waals surface area contributed by atoms with Gasteiger partial charge in [-0.3, -0.25) is 4.90 Å². The van der Waals surface area contributed by atoms with Gasteiger partial charge in [0.15, 0.2) is 0 Å². The van der Waals surface area contributed by atoms with Crippen LogP contribution in [0.2, 0.25) is 0 Å². The van der Waals surface area contributed by atoms with Crippen molar-refractivity contribution in [1.82, 2.24) is 4.90 Å². The summed E-state index contributed by atoms with van der Waals surface area (Å²) in [6, 6.07) is 6.92. The van der Waals surface area contributed by atoms with Crippen molar-refractivity contribution in [2.75, 3.05) is 13.6 Å². The Labute approximate surface area is 121 Å². The van der Waals surface area contributed by atoms with Gasteiger partial charge in [-0.2, -0.15) is 0 Å². The third kappa shape index (κ3) is 4.53. The number of hydrogen-bond donors (Lipinski definition) is 1. The Bertz CT molecular complexity index is 407. The SMILES string of the molecule is CC(C)CC(C)N(C)C(CN)c1cccc(C(F)F)c1. The molecule has 1 rings (SSSR count). The molecule has 0 saturated heterocycles. The molecule has 0 bridgehead atoms. The minimum absolute atomic E-state index is 0.0255. The van der Waals surface area contributed by atoms with E-state index >= 15 is 0 Å². The van der Waals surface area contributed by atoms with Gasteiger partial charge >= 0.3 is 0 Å². The molecule has 0 saturated carbocycles. The molecule has 2 nitrogen and oxygen atoms in total. The Morgan fingerprint density at radius 2 is 1.75 bits per heavy atom. The largest absolute Gasteiger partial charge is 0.329 e. The van der Waals surface area contributed by atoms with Gasteiger partial charge in [0.25, 0.3) is 6.43 Å². The zero-order chi connectivity index (χ0) is 15.3. The highest BCUT2D eigenvalue weighted by Crippen LogP contribution is 2.27. The standard InChI is InChI=1S/C16H26F2N2/c1-11(2)8-12(3)20(4)15(10-19)13-6-5-7-14(9-13)16(17)18/h5-7,9,11-12,15-16H,8,10,19H2,1-4H3. The van der Waals surface area contributed by atoms with Crippen LogP contribution < -0.4 is 5.73 Å². The van der Waals surface area contributed by atoms with Crippen LogP contribution in [-0.2, 0) is 0 Å². The molecule has 0 heterocycles. The summed E-state index contributed by atoms with van der Waals surface area (Å²) < 4.78 is 25.6. The van der Waals surface area contributed by atoms with Crippen molar-refractivity contribution >= 4 is 0 Å². The van der Waals surface area contributed by atoms with E-state index in [0.29, 0.717) is 18.5 Å². The maximum absolute atomic E-state index is 12.8. The third-order valence-corrected chi connectivity index (χ3v) is 3.77. The summed E-state index contributed by atoms with van der Waals surface area (Å²) in [6.45, 7) is 6.93. The van der Waals surface area contributed by atoms with Crippen LogP contribution in [-0.4, -0.2) is 24.5 Å². The van der Waals surface area contributed by atoms with Crippen molar-refractivity contribution < 1.29 is 8.78 Å². The van der Waals surface area contributed by atoms with E-state index in [-0.39, 0.29) is 11.6 Å². The van der Waals surface area contributed by atoms with E-state index in [1.165, 1.54) is 6.07 Å². The topological polar surface area (TPSA) is 29.3 Å². The molecule has 0 spiro atoms. The van der Waals surface area contributed by atoms with E-state index < -0.39 is 6.43 Å². The Hall–Kier alpha value is -1.00. The van der Waals surface area contributed by atoms with Crippen LogP contribution in [0.3, 0.4) is 0 Å². The smallest absolute Gasteiger partial charge is 0.263 e. The van der Waals surface area contributed by atoms with E-state index in [1.54, 1.807) is 12.1 Å². The molecular weight excluding hydrogens is 258 g/mol. The highest BCUT2D eigenvalue weighted by molar-refractivity contribution is 5.27. The van der Waals surface area contributed by atoms with E-state index in [9.17, 15) is 8.78 Å². The molecular formula is C16H26F2N2. The highest BCUT2D eigenvalue weighted by Gasteiger charge is 2.21. The van der Waals surface area contributed by atoms with Crippen LogP contribution in [0.25, 0.3) is 0 Å². The van der Waals surface area contributed by atoms with Crippen molar-refractivity contribution in [3.63, 3.8) is 0 Å². The summed E-state index contributed by atoms with van der Waals surface area (Å²) in [5.41, 5.74) is 6.80. The second-order valence-corrected chi connectivity index (χ2v) is 5.87. The third-order valence-electron chi connectivity index (χ3n) is 3.77. The van der Waals surface area contributed by atoms with Gasteiger partial charge in [0.1, 0.15) is 0 Å².